The van der Waals surface area contributed by atoms with E-state index < -0.39 is 0 Å². The first-order chi connectivity index (χ1) is 7.81. The number of methoxy groups -OCH3 is 1. The number of rotatable bonds is 7. The lowest BCUT2D eigenvalue weighted by molar-refractivity contribution is 0.411. The van der Waals surface area contributed by atoms with Gasteiger partial charge in [-0.3, -0.25) is 4.98 Å². The summed E-state index contributed by atoms with van der Waals surface area (Å²) in [6, 6.07) is 2.41. The van der Waals surface area contributed by atoms with Crippen molar-refractivity contribution in [2.45, 2.75) is 19.4 Å². The Bertz CT molecular complexity index is 307. The largest absolute Gasteiger partial charge is 0.495 e. The molecule has 4 heteroatoms. The maximum Gasteiger partial charge on any atom is 0.137 e. The molecule has 0 aliphatic carbocycles. The number of hydrogen-bond donors (Lipinski definition) is 1. The molecule has 0 fully saturated rings. The molecule has 1 heterocycles. The first-order valence-electron chi connectivity index (χ1n) is 5.53. The molecule has 1 rings (SSSR count). The molecule has 1 atom stereocenters. The lowest BCUT2D eigenvalue weighted by Gasteiger charge is -2.18. The fourth-order valence-electron chi connectivity index (χ4n) is 1.50. The molecule has 0 radical (unpaired) electrons. The highest BCUT2D eigenvalue weighted by molar-refractivity contribution is 7.98. The SMILES string of the molecule is CCCNC(CSC)c1cncc(OC)c1. The van der Waals surface area contributed by atoms with E-state index in [-0.39, 0.29) is 0 Å². The van der Waals surface area contributed by atoms with Crippen molar-refractivity contribution in [2.24, 2.45) is 0 Å². The molecule has 1 N–H and O–H groups in total. The minimum absolute atomic E-state index is 0.359. The highest BCUT2D eigenvalue weighted by Gasteiger charge is 2.10. The van der Waals surface area contributed by atoms with Crippen molar-refractivity contribution < 1.29 is 4.74 Å². The quantitative estimate of drug-likeness (QED) is 0.794. The summed E-state index contributed by atoms with van der Waals surface area (Å²) >= 11 is 1.84. The summed E-state index contributed by atoms with van der Waals surface area (Å²) in [5.41, 5.74) is 1.20. The third kappa shape index (κ3) is 4.02. The van der Waals surface area contributed by atoms with Gasteiger partial charge in [-0.2, -0.15) is 11.8 Å². The maximum absolute atomic E-state index is 5.19. The van der Waals surface area contributed by atoms with Crippen LogP contribution in [0.4, 0.5) is 0 Å². The van der Waals surface area contributed by atoms with E-state index in [1.165, 1.54) is 5.56 Å². The molecule has 0 aliphatic rings. The van der Waals surface area contributed by atoms with E-state index in [1.807, 2.05) is 18.0 Å². The van der Waals surface area contributed by atoms with Crippen molar-refractivity contribution in [1.82, 2.24) is 10.3 Å². The Labute approximate surface area is 102 Å². The van der Waals surface area contributed by atoms with E-state index >= 15 is 0 Å². The van der Waals surface area contributed by atoms with E-state index in [0.29, 0.717) is 6.04 Å². The average molecular weight is 240 g/mol. The first-order valence-corrected chi connectivity index (χ1v) is 6.92. The van der Waals surface area contributed by atoms with Gasteiger partial charge >= 0.3 is 0 Å². The summed E-state index contributed by atoms with van der Waals surface area (Å²) < 4.78 is 5.19. The molecular weight excluding hydrogens is 220 g/mol. The smallest absolute Gasteiger partial charge is 0.137 e. The van der Waals surface area contributed by atoms with E-state index in [0.717, 1.165) is 24.5 Å². The molecule has 0 amide bonds. The predicted molar refractivity (Wildman–Crippen MR) is 70.2 cm³/mol. The Morgan fingerprint density at radius 2 is 2.31 bits per heavy atom. The van der Waals surface area contributed by atoms with Crippen molar-refractivity contribution in [3.05, 3.63) is 24.0 Å². The minimum atomic E-state index is 0.359. The summed E-state index contributed by atoms with van der Waals surface area (Å²) in [4.78, 5) is 4.19. The van der Waals surface area contributed by atoms with Crippen molar-refractivity contribution >= 4 is 11.8 Å². The number of thioether (sulfide) groups is 1. The van der Waals surface area contributed by atoms with Gasteiger partial charge in [0.05, 0.1) is 13.3 Å². The van der Waals surface area contributed by atoms with E-state index in [9.17, 15) is 0 Å². The zero-order valence-electron chi connectivity index (χ0n) is 10.2. The van der Waals surface area contributed by atoms with Crippen LogP contribution >= 0.6 is 11.8 Å². The summed E-state index contributed by atoms with van der Waals surface area (Å²) in [6.45, 7) is 3.20. The third-order valence-corrected chi connectivity index (χ3v) is 3.01. The molecule has 3 nitrogen and oxygen atoms in total. The number of aromatic nitrogens is 1. The van der Waals surface area contributed by atoms with Gasteiger partial charge in [-0.05, 0) is 30.9 Å². The fraction of sp³-hybridized carbons (Fsp3) is 0.583. The van der Waals surface area contributed by atoms with Crippen LogP contribution in [0.25, 0.3) is 0 Å². The van der Waals surface area contributed by atoms with Crippen LogP contribution in [0.15, 0.2) is 18.5 Å². The molecule has 0 spiro atoms. The lowest BCUT2D eigenvalue weighted by Crippen LogP contribution is -2.24. The summed E-state index contributed by atoms with van der Waals surface area (Å²) in [5, 5.41) is 3.52. The van der Waals surface area contributed by atoms with Gasteiger partial charge in [0.25, 0.3) is 0 Å². The van der Waals surface area contributed by atoms with E-state index in [2.05, 4.69) is 29.5 Å². The average Bonchev–Trinajstić information content (AvgIpc) is 2.34. The van der Waals surface area contributed by atoms with Gasteiger partial charge in [0.1, 0.15) is 5.75 Å². The van der Waals surface area contributed by atoms with Crippen LogP contribution in [-0.2, 0) is 0 Å². The number of ether oxygens (including phenoxy) is 1. The molecule has 16 heavy (non-hydrogen) atoms. The van der Waals surface area contributed by atoms with Gasteiger partial charge in [-0.25, -0.2) is 0 Å². The van der Waals surface area contributed by atoms with Crippen LogP contribution in [0.1, 0.15) is 24.9 Å². The monoisotopic (exact) mass is 240 g/mol. The van der Waals surface area contributed by atoms with E-state index in [4.69, 9.17) is 4.74 Å². The van der Waals surface area contributed by atoms with Gasteiger partial charge in [0.15, 0.2) is 0 Å². The molecule has 0 aliphatic heterocycles. The topological polar surface area (TPSA) is 34.2 Å². The van der Waals surface area contributed by atoms with Crippen LogP contribution in [0.3, 0.4) is 0 Å². The summed E-state index contributed by atoms with van der Waals surface area (Å²) in [6.07, 6.45) is 6.90. The van der Waals surface area contributed by atoms with Crippen molar-refractivity contribution in [3.8, 4) is 5.75 Å². The second kappa shape index (κ2) is 7.52. The van der Waals surface area contributed by atoms with Crippen LogP contribution < -0.4 is 10.1 Å². The molecule has 90 valence electrons. The van der Waals surface area contributed by atoms with Crippen LogP contribution in [0, 0.1) is 0 Å². The molecule has 1 aromatic heterocycles. The van der Waals surface area contributed by atoms with Gasteiger partial charge in [-0.15, -0.1) is 0 Å². The molecule has 1 aromatic rings. The Hall–Kier alpha value is -0.740. The molecule has 0 bridgehead atoms. The summed E-state index contributed by atoms with van der Waals surface area (Å²) in [7, 11) is 1.67. The van der Waals surface area contributed by atoms with Crippen LogP contribution in [0.2, 0.25) is 0 Å². The lowest BCUT2D eigenvalue weighted by atomic mass is 10.1. The second-order valence-electron chi connectivity index (χ2n) is 3.62. The summed E-state index contributed by atoms with van der Waals surface area (Å²) in [5.74, 6) is 1.87. The van der Waals surface area contributed by atoms with Crippen molar-refractivity contribution in [3.63, 3.8) is 0 Å². The van der Waals surface area contributed by atoms with Crippen LogP contribution in [-0.4, -0.2) is 30.6 Å². The molecular formula is C12H20N2OS. The second-order valence-corrected chi connectivity index (χ2v) is 4.53. The zero-order chi connectivity index (χ0) is 11.8. The Balaban J connectivity index is 2.73. The van der Waals surface area contributed by atoms with Crippen molar-refractivity contribution in [1.29, 1.82) is 0 Å². The molecule has 1 unspecified atom stereocenters. The Morgan fingerprint density at radius 1 is 1.50 bits per heavy atom. The number of nitrogens with one attached hydrogen (secondary N) is 1. The van der Waals surface area contributed by atoms with E-state index in [1.54, 1.807) is 13.3 Å². The predicted octanol–water partition coefficient (Wildman–Crippen LogP) is 2.49. The normalized spacial score (nSPS) is 12.4. The highest BCUT2D eigenvalue weighted by Crippen LogP contribution is 2.20. The zero-order valence-corrected chi connectivity index (χ0v) is 11.0. The molecule has 0 saturated heterocycles. The fourth-order valence-corrected chi connectivity index (χ4v) is 2.14. The standard InChI is InChI=1S/C12H20N2OS/c1-4-5-14-12(9-16-3)10-6-11(15-2)8-13-7-10/h6-8,12,14H,4-5,9H2,1-3H3. The Kier molecular flexibility index (Phi) is 6.26. The number of nitrogens with zero attached hydrogens (tertiary/aromatic N) is 1. The first kappa shape index (κ1) is 13.3. The third-order valence-electron chi connectivity index (χ3n) is 2.35. The van der Waals surface area contributed by atoms with Crippen LogP contribution in [0.5, 0.6) is 5.75 Å². The van der Waals surface area contributed by atoms with Gasteiger partial charge < -0.3 is 10.1 Å². The minimum Gasteiger partial charge on any atom is -0.495 e. The van der Waals surface area contributed by atoms with Gasteiger partial charge in [-0.1, -0.05) is 6.92 Å². The number of hydrogen-bond acceptors (Lipinski definition) is 4. The van der Waals surface area contributed by atoms with Crippen molar-refractivity contribution in [2.75, 3.05) is 25.7 Å². The maximum atomic E-state index is 5.19. The highest BCUT2D eigenvalue weighted by atomic mass is 32.2. The number of pyridine rings is 1. The molecule has 0 aromatic carbocycles. The Morgan fingerprint density at radius 3 is 2.94 bits per heavy atom. The van der Waals surface area contributed by atoms with Gasteiger partial charge in [0, 0.05) is 18.0 Å². The van der Waals surface area contributed by atoms with Gasteiger partial charge in [0.2, 0.25) is 0 Å². The molecule has 0 saturated carbocycles.